The maximum absolute atomic E-state index is 11.8. The first kappa shape index (κ1) is 17.0. The summed E-state index contributed by atoms with van der Waals surface area (Å²) < 4.78 is 23.5. The molecule has 1 aromatic carbocycles. The second kappa shape index (κ2) is 7.09. The number of benzene rings is 1. The zero-order valence-corrected chi connectivity index (χ0v) is 13.1. The Balaban J connectivity index is 2.77. The van der Waals surface area contributed by atoms with Gasteiger partial charge in [-0.15, -0.1) is 0 Å². The van der Waals surface area contributed by atoms with Gasteiger partial charge in [0, 0.05) is 5.02 Å². The molecule has 112 valence electrons. The summed E-state index contributed by atoms with van der Waals surface area (Å²) in [5.41, 5.74) is 0.725. The van der Waals surface area contributed by atoms with Crippen LogP contribution in [-0.2, 0) is 21.1 Å². The Hall–Kier alpha value is -1.07. The molecule has 6 heteroatoms. The number of aliphatic carboxylic acids is 1. The van der Waals surface area contributed by atoms with Crippen molar-refractivity contribution in [3.8, 4) is 0 Å². The van der Waals surface area contributed by atoms with Gasteiger partial charge in [0.15, 0.2) is 9.84 Å². The second-order valence-electron chi connectivity index (χ2n) is 5.04. The Kier molecular flexibility index (Phi) is 6.02. The van der Waals surface area contributed by atoms with Gasteiger partial charge >= 0.3 is 5.97 Å². The molecule has 0 fully saturated rings. The summed E-state index contributed by atoms with van der Waals surface area (Å²) in [6.45, 7) is 3.19. The summed E-state index contributed by atoms with van der Waals surface area (Å²) in [6, 6.07) is 7.01. The lowest BCUT2D eigenvalue weighted by atomic mass is 9.97. The molecule has 1 unspecified atom stereocenters. The normalized spacial score (nSPS) is 13.4. The van der Waals surface area contributed by atoms with Gasteiger partial charge in [-0.2, -0.15) is 0 Å². The second-order valence-corrected chi connectivity index (χ2v) is 8.12. The van der Waals surface area contributed by atoms with Crippen LogP contribution in [0.2, 0.25) is 5.02 Å². The molecule has 0 bridgehead atoms. The van der Waals surface area contributed by atoms with E-state index in [0.717, 1.165) is 5.56 Å². The zero-order valence-electron chi connectivity index (χ0n) is 11.5. The molecular weight excluding hydrogens is 300 g/mol. The van der Waals surface area contributed by atoms with Crippen LogP contribution in [-0.4, -0.2) is 30.5 Å². The average molecular weight is 319 g/mol. The van der Waals surface area contributed by atoms with Gasteiger partial charge in [-0.25, -0.2) is 8.42 Å². The quantitative estimate of drug-likeness (QED) is 0.839. The lowest BCUT2D eigenvalue weighted by Gasteiger charge is -2.14. The van der Waals surface area contributed by atoms with Gasteiger partial charge in [0.25, 0.3) is 0 Å². The molecule has 0 heterocycles. The molecule has 1 aromatic rings. The fourth-order valence-electron chi connectivity index (χ4n) is 1.78. The van der Waals surface area contributed by atoms with E-state index in [-0.39, 0.29) is 18.6 Å². The van der Waals surface area contributed by atoms with Gasteiger partial charge in [0.05, 0.1) is 16.9 Å². The SMILES string of the molecule is CC(C)S(=O)(=O)CCC(Cc1ccccc1Cl)C(=O)O. The average Bonchev–Trinajstić information content (AvgIpc) is 2.35. The van der Waals surface area contributed by atoms with Crippen molar-refractivity contribution in [3.05, 3.63) is 34.9 Å². The minimum atomic E-state index is -3.23. The molecule has 0 amide bonds. The summed E-state index contributed by atoms with van der Waals surface area (Å²) in [6.07, 6.45) is 0.337. The van der Waals surface area contributed by atoms with E-state index < -0.39 is 27.0 Å². The van der Waals surface area contributed by atoms with Crippen LogP contribution in [0.1, 0.15) is 25.8 Å². The Morgan fingerprint density at radius 2 is 1.90 bits per heavy atom. The van der Waals surface area contributed by atoms with Crippen LogP contribution in [0.5, 0.6) is 0 Å². The Labute approximate surface area is 124 Å². The lowest BCUT2D eigenvalue weighted by molar-refractivity contribution is -0.141. The molecule has 0 aromatic heterocycles. The number of carboxylic acids is 1. The van der Waals surface area contributed by atoms with Crippen LogP contribution in [0.25, 0.3) is 0 Å². The van der Waals surface area contributed by atoms with Gasteiger partial charge in [0.2, 0.25) is 0 Å². The number of carboxylic acid groups (broad SMARTS) is 1. The summed E-state index contributed by atoms with van der Waals surface area (Å²) in [5, 5.41) is 9.24. The van der Waals surface area contributed by atoms with Crippen molar-refractivity contribution in [1.29, 1.82) is 0 Å². The highest BCUT2D eigenvalue weighted by molar-refractivity contribution is 7.91. The highest BCUT2D eigenvalue weighted by Gasteiger charge is 2.24. The predicted molar refractivity (Wildman–Crippen MR) is 79.8 cm³/mol. The molecule has 0 radical (unpaired) electrons. The smallest absolute Gasteiger partial charge is 0.306 e. The standard InChI is InChI=1S/C14H19ClO4S/c1-10(2)20(18,19)8-7-12(14(16)17)9-11-5-3-4-6-13(11)15/h3-6,10,12H,7-9H2,1-2H3,(H,16,17). The number of rotatable bonds is 7. The molecule has 0 spiro atoms. The molecule has 0 saturated carbocycles. The van der Waals surface area contributed by atoms with Crippen molar-refractivity contribution in [2.24, 2.45) is 5.92 Å². The van der Waals surface area contributed by atoms with Crippen LogP contribution in [0.3, 0.4) is 0 Å². The van der Waals surface area contributed by atoms with Crippen LogP contribution in [0.4, 0.5) is 0 Å². The number of sulfone groups is 1. The van der Waals surface area contributed by atoms with Gasteiger partial charge < -0.3 is 5.11 Å². The van der Waals surface area contributed by atoms with E-state index in [9.17, 15) is 18.3 Å². The molecular formula is C14H19ClO4S. The van der Waals surface area contributed by atoms with Gasteiger partial charge in [-0.1, -0.05) is 29.8 Å². The van der Waals surface area contributed by atoms with E-state index in [0.29, 0.717) is 5.02 Å². The monoisotopic (exact) mass is 318 g/mol. The third-order valence-corrected chi connectivity index (χ3v) is 5.85. The third-order valence-electron chi connectivity index (χ3n) is 3.24. The largest absolute Gasteiger partial charge is 0.481 e. The molecule has 1 N–H and O–H groups in total. The summed E-state index contributed by atoms with van der Waals surface area (Å²) in [7, 11) is -3.23. The number of halogens is 1. The number of hydrogen-bond acceptors (Lipinski definition) is 3. The Morgan fingerprint density at radius 3 is 2.40 bits per heavy atom. The van der Waals surface area contributed by atoms with Crippen molar-refractivity contribution in [2.75, 3.05) is 5.75 Å². The van der Waals surface area contributed by atoms with Crippen LogP contribution < -0.4 is 0 Å². The first-order valence-corrected chi connectivity index (χ1v) is 8.51. The molecule has 0 aliphatic rings. The van der Waals surface area contributed by atoms with Crippen LogP contribution >= 0.6 is 11.6 Å². The van der Waals surface area contributed by atoms with E-state index >= 15 is 0 Å². The van der Waals surface area contributed by atoms with Gasteiger partial charge in [-0.3, -0.25) is 4.79 Å². The van der Waals surface area contributed by atoms with Crippen LogP contribution in [0.15, 0.2) is 24.3 Å². The van der Waals surface area contributed by atoms with E-state index in [4.69, 9.17) is 11.6 Å². The summed E-state index contributed by atoms with van der Waals surface area (Å²) in [4.78, 5) is 11.3. The molecule has 4 nitrogen and oxygen atoms in total. The molecule has 0 saturated heterocycles. The Morgan fingerprint density at radius 1 is 1.30 bits per heavy atom. The molecule has 0 aliphatic heterocycles. The number of carbonyl (C=O) groups is 1. The van der Waals surface area contributed by atoms with Crippen molar-refractivity contribution in [3.63, 3.8) is 0 Å². The fraction of sp³-hybridized carbons (Fsp3) is 0.500. The van der Waals surface area contributed by atoms with Crippen molar-refractivity contribution >= 4 is 27.4 Å². The minimum Gasteiger partial charge on any atom is -0.481 e. The zero-order chi connectivity index (χ0) is 15.3. The minimum absolute atomic E-state index is 0.0983. The van der Waals surface area contributed by atoms with Crippen molar-refractivity contribution < 1.29 is 18.3 Å². The highest BCUT2D eigenvalue weighted by atomic mass is 35.5. The third kappa shape index (κ3) is 4.80. The van der Waals surface area contributed by atoms with E-state index in [1.165, 1.54) is 0 Å². The van der Waals surface area contributed by atoms with Crippen molar-refractivity contribution in [2.45, 2.75) is 31.9 Å². The molecule has 20 heavy (non-hydrogen) atoms. The molecule has 1 rings (SSSR count). The predicted octanol–water partition coefficient (Wildman–Crippen LogP) is 2.80. The first-order chi connectivity index (χ1) is 9.24. The summed E-state index contributed by atoms with van der Waals surface area (Å²) >= 11 is 6.00. The maximum Gasteiger partial charge on any atom is 0.306 e. The van der Waals surface area contributed by atoms with Crippen molar-refractivity contribution in [1.82, 2.24) is 0 Å². The molecule has 1 atom stereocenters. The maximum atomic E-state index is 11.8. The van der Waals surface area contributed by atoms with Gasteiger partial charge in [-0.05, 0) is 38.3 Å². The lowest BCUT2D eigenvalue weighted by Crippen LogP contribution is -2.24. The Bertz CT molecular complexity index is 566. The highest BCUT2D eigenvalue weighted by Crippen LogP contribution is 2.21. The van der Waals surface area contributed by atoms with E-state index in [1.54, 1.807) is 38.1 Å². The van der Waals surface area contributed by atoms with Gasteiger partial charge in [0.1, 0.15) is 0 Å². The van der Waals surface area contributed by atoms with E-state index in [2.05, 4.69) is 0 Å². The molecule has 0 aliphatic carbocycles. The van der Waals surface area contributed by atoms with Crippen LogP contribution in [0, 0.1) is 5.92 Å². The van der Waals surface area contributed by atoms with E-state index in [1.807, 2.05) is 0 Å². The fourth-order valence-corrected chi connectivity index (χ4v) is 3.08. The topological polar surface area (TPSA) is 71.4 Å². The number of hydrogen-bond donors (Lipinski definition) is 1. The first-order valence-electron chi connectivity index (χ1n) is 6.42. The summed E-state index contributed by atoms with van der Waals surface area (Å²) in [5.74, 6) is -1.86.